The van der Waals surface area contributed by atoms with Crippen molar-refractivity contribution >= 4 is 18.3 Å². The molecule has 0 aromatic heterocycles. The maximum absolute atomic E-state index is 11.7. The SMILES string of the molecule is CCC1CN(C(=O)CC(C)N)CCO1.Cl. The van der Waals surface area contributed by atoms with Crippen LogP contribution in [0.1, 0.15) is 26.7 Å². The van der Waals surface area contributed by atoms with E-state index in [9.17, 15) is 4.79 Å². The number of nitrogens with two attached hydrogens (primary N) is 1. The van der Waals surface area contributed by atoms with Gasteiger partial charge in [0.15, 0.2) is 0 Å². The van der Waals surface area contributed by atoms with Gasteiger partial charge in [0, 0.05) is 25.6 Å². The van der Waals surface area contributed by atoms with Crippen molar-refractivity contribution in [3.8, 4) is 0 Å². The monoisotopic (exact) mass is 236 g/mol. The Morgan fingerprint density at radius 2 is 2.33 bits per heavy atom. The topological polar surface area (TPSA) is 55.6 Å². The summed E-state index contributed by atoms with van der Waals surface area (Å²) in [6, 6.07) is -0.0505. The van der Waals surface area contributed by atoms with Crippen LogP contribution in [-0.4, -0.2) is 42.6 Å². The minimum Gasteiger partial charge on any atom is -0.375 e. The number of hydrogen-bond acceptors (Lipinski definition) is 3. The van der Waals surface area contributed by atoms with Gasteiger partial charge in [-0.3, -0.25) is 4.79 Å². The van der Waals surface area contributed by atoms with Crippen LogP contribution in [-0.2, 0) is 9.53 Å². The number of carbonyl (C=O) groups excluding carboxylic acids is 1. The van der Waals surface area contributed by atoms with Gasteiger partial charge in [-0.1, -0.05) is 6.92 Å². The van der Waals surface area contributed by atoms with Crippen molar-refractivity contribution in [1.29, 1.82) is 0 Å². The van der Waals surface area contributed by atoms with Crippen molar-refractivity contribution in [1.82, 2.24) is 4.90 Å². The molecule has 0 spiro atoms. The first-order chi connectivity index (χ1) is 6.63. The van der Waals surface area contributed by atoms with Gasteiger partial charge in [-0.15, -0.1) is 12.4 Å². The standard InChI is InChI=1S/C10H20N2O2.ClH/c1-3-9-7-12(4-5-14-9)10(13)6-8(2)11;/h8-9H,3-7,11H2,1-2H3;1H. The summed E-state index contributed by atoms with van der Waals surface area (Å²) in [7, 11) is 0. The predicted molar refractivity (Wildman–Crippen MR) is 62.1 cm³/mol. The molecule has 4 nitrogen and oxygen atoms in total. The molecule has 90 valence electrons. The summed E-state index contributed by atoms with van der Waals surface area (Å²) < 4.78 is 5.49. The Labute approximate surface area is 97.5 Å². The highest BCUT2D eigenvalue weighted by Crippen LogP contribution is 2.09. The van der Waals surface area contributed by atoms with Gasteiger partial charge in [0.25, 0.3) is 0 Å². The fourth-order valence-corrected chi connectivity index (χ4v) is 1.60. The van der Waals surface area contributed by atoms with Gasteiger partial charge in [-0.25, -0.2) is 0 Å². The van der Waals surface area contributed by atoms with Crippen LogP contribution >= 0.6 is 12.4 Å². The van der Waals surface area contributed by atoms with Crippen LogP contribution in [0.15, 0.2) is 0 Å². The van der Waals surface area contributed by atoms with Crippen molar-refractivity contribution < 1.29 is 9.53 Å². The molecule has 0 aromatic carbocycles. The average Bonchev–Trinajstić information content (AvgIpc) is 2.17. The molecule has 2 atom stereocenters. The third-order valence-corrected chi connectivity index (χ3v) is 2.44. The highest BCUT2D eigenvalue weighted by atomic mass is 35.5. The zero-order valence-corrected chi connectivity index (χ0v) is 10.3. The van der Waals surface area contributed by atoms with Crippen LogP contribution < -0.4 is 5.73 Å². The van der Waals surface area contributed by atoms with Crippen LogP contribution in [0.25, 0.3) is 0 Å². The summed E-state index contributed by atoms with van der Waals surface area (Å²) >= 11 is 0. The normalized spacial score (nSPS) is 23.1. The zero-order valence-electron chi connectivity index (χ0n) is 9.44. The smallest absolute Gasteiger partial charge is 0.224 e. The molecular weight excluding hydrogens is 216 g/mol. The summed E-state index contributed by atoms with van der Waals surface area (Å²) in [4.78, 5) is 13.5. The summed E-state index contributed by atoms with van der Waals surface area (Å²) in [6.45, 7) is 6.02. The van der Waals surface area contributed by atoms with E-state index in [0.29, 0.717) is 19.6 Å². The molecule has 15 heavy (non-hydrogen) atoms. The molecule has 1 rings (SSSR count). The Bertz CT molecular complexity index is 200. The Morgan fingerprint density at radius 1 is 1.67 bits per heavy atom. The fraction of sp³-hybridized carbons (Fsp3) is 0.900. The molecule has 0 aromatic rings. The number of amides is 1. The zero-order chi connectivity index (χ0) is 10.6. The molecule has 1 amide bonds. The second-order valence-electron chi connectivity index (χ2n) is 3.92. The number of ether oxygens (including phenoxy) is 1. The van der Waals surface area contributed by atoms with Crippen molar-refractivity contribution in [2.24, 2.45) is 5.73 Å². The van der Waals surface area contributed by atoms with Crippen LogP contribution in [0, 0.1) is 0 Å². The minimum atomic E-state index is -0.0505. The lowest BCUT2D eigenvalue weighted by Gasteiger charge is -2.32. The van der Waals surface area contributed by atoms with E-state index in [1.807, 2.05) is 11.8 Å². The van der Waals surface area contributed by atoms with E-state index >= 15 is 0 Å². The van der Waals surface area contributed by atoms with E-state index in [-0.39, 0.29) is 30.5 Å². The summed E-state index contributed by atoms with van der Waals surface area (Å²) in [5.41, 5.74) is 5.59. The minimum absolute atomic E-state index is 0. The van der Waals surface area contributed by atoms with Crippen LogP contribution in [0.3, 0.4) is 0 Å². The van der Waals surface area contributed by atoms with Gasteiger partial charge in [0.05, 0.1) is 12.7 Å². The van der Waals surface area contributed by atoms with Gasteiger partial charge in [0.1, 0.15) is 0 Å². The Kier molecular flexibility index (Phi) is 6.89. The van der Waals surface area contributed by atoms with Crippen LogP contribution in [0.4, 0.5) is 0 Å². The predicted octanol–water partition coefficient (Wildman–Crippen LogP) is 0.783. The molecule has 1 saturated heterocycles. The summed E-state index contributed by atoms with van der Waals surface area (Å²) in [5, 5.41) is 0. The molecule has 1 aliphatic heterocycles. The lowest BCUT2D eigenvalue weighted by molar-refractivity contribution is -0.139. The van der Waals surface area contributed by atoms with E-state index < -0.39 is 0 Å². The summed E-state index contributed by atoms with van der Waals surface area (Å²) in [5.74, 6) is 0.154. The third kappa shape index (κ3) is 4.82. The lowest BCUT2D eigenvalue weighted by atomic mass is 10.2. The van der Waals surface area contributed by atoms with Gasteiger partial charge in [-0.2, -0.15) is 0 Å². The molecular formula is C10H21ClN2O2. The molecule has 5 heteroatoms. The van der Waals surface area contributed by atoms with E-state index in [2.05, 4.69) is 6.92 Å². The van der Waals surface area contributed by atoms with Crippen LogP contribution in [0.5, 0.6) is 0 Å². The third-order valence-electron chi connectivity index (χ3n) is 2.44. The molecule has 1 fully saturated rings. The Balaban J connectivity index is 0.00000196. The van der Waals surface area contributed by atoms with Crippen molar-refractivity contribution in [3.63, 3.8) is 0 Å². The highest BCUT2D eigenvalue weighted by molar-refractivity contribution is 5.85. The van der Waals surface area contributed by atoms with Gasteiger partial charge >= 0.3 is 0 Å². The number of halogens is 1. The first-order valence-electron chi connectivity index (χ1n) is 5.28. The van der Waals surface area contributed by atoms with E-state index in [0.717, 1.165) is 13.0 Å². The van der Waals surface area contributed by atoms with Crippen molar-refractivity contribution in [2.45, 2.75) is 38.8 Å². The van der Waals surface area contributed by atoms with Gasteiger partial charge in [0.2, 0.25) is 5.91 Å². The molecule has 2 N–H and O–H groups in total. The quantitative estimate of drug-likeness (QED) is 0.788. The second-order valence-corrected chi connectivity index (χ2v) is 3.92. The van der Waals surface area contributed by atoms with E-state index in [1.165, 1.54) is 0 Å². The van der Waals surface area contributed by atoms with Gasteiger partial charge < -0.3 is 15.4 Å². The lowest BCUT2D eigenvalue weighted by Crippen LogP contribution is -2.46. The molecule has 0 saturated carbocycles. The number of rotatable bonds is 3. The Morgan fingerprint density at radius 3 is 2.87 bits per heavy atom. The highest BCUT2D eigenvalue weighted by Gasteiger charge is 2.23. The molecule has 2 unspecified atom stereocenters. The first-order valence-corrected chi connectivity index (χ1v) is 5.28. The first kappa shape index (κ1) is 14.7. The van der Waals surface area contributed by atoms with Crippen molar-refractivity contribution in [3.05, 3.63) is 0 Å². The molecule has 0 bridgehead atoms. The van der Waals surface area contributed by atoms with Gasteiger partial charge in [-0.05, 0) is 13.3 Å². The molecule has 1 aliphatic rings. The van der Waals surface area contributed by atoms with E-state index in [4.69, 9.17) is 10.5 Å². The fourth-order valence-electron chi connectivity index (χ4n) is 1.60. The van der Waals surface area contributed by atoms with Crippen molar-refractivity contribution in [2.75, 3.05) is 19.7 Å². The summed E-state index contributed by atoms with van der Waals surface area (Å²) in [6.07, 6.45) is 1.61. The maximum Gasteiger partial charge on any atom is 0.224 e. The maximum atomic E-state index is 11.7. The Hall–Kier alpha value is -0.320. The molecule has 1 heterocycles. The number of nitrogens with zero attached hydrogens (tertiary/aromatic N) is 1. The average molecular weight is 237 g/mol. The number of morpholine rings is 1. The number of hydrogen-bond donors (Lipinski definition) is 1. The second kappa shape index (κ2) is 7.04. The largest absolute Gasteiger partial charge is 0.375 e. The van der Waals surface area contributed by atoms with E-state index in [1.54, 1.807) is 0 Å². The number of carbonyl (C=O) groups is 1. The molecule has 0 radical (unpaired) electrons. The molecule has 0 aliphatic carbocycles. The van der Waals surface area contributed by atoms with Crippen LogP contribution in [0.2, 0.25) is 0 Å².